The fraction of sp³-hybridized carbons (Fsp3) is 0.846. The Morgan fingerprint density at radius 2 is 1.87 bits per heavy atom. The standard InChI is InChI=1S/C13H26OSi/c1-5-9-13(14-15(2,3)4)12-10-7-6-8-11-12/h5,12-13H,1,6-11H2,2-4H3. The summed E-state index contributed by atoms with van der Waals surface area (Å²) in [7, 11) is -1.39. The molecule has 15 heavy (non-hydrogen) atoms. The summed E-state index contributed by atoms with van der Waals surface area (Å²) in [5, 5.41) is 0. The molecular weight excluding hydrogens is 200 g/mol. The third kappa shape index (κ3) is 4.98. The van der Waals surface area contributed by atoms with Gasteiger partial charge in [0.25, 0.3) is 0 Å². The Balaban J connectivity index is 2.51. The van der Waals surface area contributed by atoms with Crippen LogP contribution >= 0.6 is 0 Å². The zero-order chi connectivity index (χ0) is 11.3. The lowest BCUT2D eigenvalue weighted by Crippen LogP contribution is -2.36. The van der Waals surface area contributed by atoms with Crippen LogP contribution in [0.25, 0.3) is 0 Å². The van der Waals surface area contributed by atoms with E-state index < -0.39 is 8.32 Å². The van der Waals surface area contributed by atoms with Crippen LogP contribution in [0.2, 0.25) is 19.6 Å². The van der Waals surface area contributed by atoms with Crippen molar-refractivity contribution in [3.8, 4) is 0 Å². The zero-order valence-corrected chi connectivity index (χ0v) is 11.6. The van der Waals surface area contributed by atoms with Crippen molar-refractivity contribution in [2.45, 2.75) is 64.3 Å². The van der Waals surface area contributed by atoms with Gasteiger partial charge in [0, 0.05) is 0 Å². The Kier molecular flexibility index (Phi) is 5.07. The van der Waals surface area contributed by atoms with Gasteiger partial charge in [-0.05, 0) is 44.8 Å². The van der Waals surface area contributed by atoms with E-state index in [1.807, 2.05) is 6.08 Å². The lowest BCUT2D eigenvalue weighted by molar-refractivity contribution is 0.103. The van der Waals surface area contributed by atoms with Crippen LogP contribution in [0.5, 0.6) is 0 Å². The van der Waals surface area contributed by atoms with Crippen molar-refractivity contribution in [1.82, 2.24) is 0 Å². The first kappa shape index (κ1) is 13.0. The maximum atomic E-state index is 6.29. The molecule has 1 saturated carbocycles. The van der Waals surface area contributed by atoms with Gasteiger partial charge in [-0.3, -0.25) is 0 Å². The number of hydrogen-bond acceptors (Lipinski definition) is 1. The maximum absolute atomic E-state index is 6.29. The van der Waals surface area contributed by atoms with Crippen LogP contribution in [0, 0.1) is 5.92 Å². The molecule has 0 saturated heterocycles. The number of rotatable bonds is 5. The van der Waals surface area contributed by atoms with Gasteiger partial charge in [-0.2, -0.15) is 0 Å². The lowest BCUT2D eigenvalue weighted by atomic mass is 9.84. The Hall–Kier alpha value is -0.0831. The van der Waals surface area contributed by atoms with Gasteiger partial charge < -0.3 is 4.43 Å². The van der Waals surface area contributed by atoms with Crippen molar-refractivity contribution in [3.63, 3.8) is 0 Å². The van der Waals surface area contributed by atoms with Crippen molar-refractivity contribution in [1.29, 1.82) is 0 Å². The third-order valence-corrected chi connectivity index (χ3v) is 4.09. The van der Waals surface area contributed by atoms with Crippen LogP contribution in [0.4, 0.5) is 0 Å². The highest BCUT2D eigenvalue weighted by Gasteiger charge is 2.27. The summed E-state index contributed by atoms with van der Waals surface area (Å²) in [6, 6.07) is 0. The molecule has 0 aromatic heterocycles. The fourth-order valence-corrected chi connectivity index (χ4v) is 3.66. The molecule has 0 radical (unpaired) electrons. The van der Waals surface area contributed by atoms with Crippen LogP contribution in [-0.2, 0) is 4.43 Å². The summed E-state index contributed by atoms with van der Waals surface area (Å²) in [5.41, 5.74) is 0. The Morgan fingerprint density at radius 3 is 2.33 bits per heavy atom. The molecule has 1 nitrogen and oxygen atoms in total. The first-order chi connectivity index (χ1) is 7.03. The van der Waals surface area contributed by atoms with Crippen molar-refractivity contribution in [2.75, 3.05) is 0 Å². The highest BCUT2D eigenvalue weighted by Crippen LogP contribution is 2.31. The molecule has 0 bridgehead atoms. The summed E-state index contributed by atoms with van der Waals surface area (Å²) in [6.45, 7) is 10.7. The van der Waals surface area contributed by atoms with E-state index in [1.54, 1.807) is 0 Å². The predicted molar refractivity (Wildman–Crippen MR) is 69.6 cm³/mol. The molecule has 0 heterocycles. The molecule has 0 N–H and O–H groups in total. The average molecular weight is 226 g/mol. The number of hydrogen-bond donors (Lipinski definition) is 0. The summed E-state index contributed by atoms with van der Waals surface area (Å²) in [5.74, 6) is 0.795. The topological polar surface area (TPSA) is 9.23 Å². The fourth-order valence-electron chi connectivity index (χ4n) is 2.46. The van der Waals surface area contributed by atoms with Crippen LogP contribution in [0.1, 0.15) is 38.5 Å². The van der Waals surface area contributed by atoms with Gasteiger partial charge in [0.15, 0.2) is 8.32 Å². The second kappa shape index (κ2) is 5.85. The van der Waals surface area contributed by atoms with E-state index in [9.17, 15) is 0 Å². The van der Waals surface area contributed by atoms with Crippen LogP contribution in [0.15, 0.2) is 12.7 Å². The van der Waals surface area contributed by atoms with E-state index in [1.165, 1.54) is 32.1 Å². The molecule has 88 valence electrons. The van der Waals surface area contributed by atoms with Crippen molar-refractivity contribution in [3.05, 3.63) is 12.7 Å². The van der Waals surface area contributed by atoms with Gasteiger partial charge in [-0.25, -0.2) is 0 Å². The minimum absolute atomic E-state index is 0.453. The van der Waals surface area contributed by atoms with Crippen LogP contribution < -0.4 is 0 Å². The molecule has 0 aliphatic heterocycles. The summed E-state index contributed by atoms with van der Waals surface area (Å²) < 4.78 is 6.29. The minimum Gasteiger partial charge on any atom is -0.414 e. The van der Waals surface area contributed by atoms with Crippen molar-refractivity contribution >= 4 is 8.32 Å². The third-order valence-electron chi connectivity index (χ3n) is 3.08. The SMILES string of the molecule is C=CCC(O[Si](C)(C)C)C1CCCCC1. The van der Waals surface area contributed by atoms with Gasteiger partial charge >= 0.3 is 0 Å². The van der Waals surface area contributed by atoms with Gasteiger partial charge in [0.1, 0.15) is 0 Å². The summed E-state index contributed by atoms with van der Waals surface area (Å²) in [6.07, 6.45) is 10.5. The molecular formula is C13H26OSi. The molecule has 2 heteroatoms. The largest absolute Gasteiger partial charge is 0.414 e. The van der Waals surface area contributed by atoms with E-state index in [2.05, 4.69) is 26.2 Å². The summed E-state index contributed by atoms with van der Waals surface area (Å²) >= 11 is 0. The van der Waals surface area contributed by atoms with Crippen molar-refractivity contribution in [2.24, 2.45) is 5.92 Å². The molecule has 0 spiro atoms. The molecule has 1 rings (SSSR count). The molecule has 1 unspecified atom stereocenters. The molecule has 1 aliphatic carbocycles. The summed E-state index contributed by atoms with van der Waals surface area (Å²) in [4.78, 5) is 0. The predicted octanol–water partition coefficient (Wildman–Crippen LogP) is 4.36. The Morgan fingerprint density at radius 1 is 1.27 bits per heavy atom. The second-order valence-electron chi connectivity index (χ2n) is 5.69. The first-order valence-electron chi connectivity index (χ1n) is 6.31. The Labute approximate surface area is 96.0 Å². The quantitative estimate of drug-likeness (QED) is 0.500. The second-order valence-corrected chi connectivity index (χ2v) is 10.2. The van der Waals surface area contributed by atoms with Gasteiger partial charge in [-0.1, -0.05) is 25.3 Å². The Bertz CT molecular complexity index is 189. The molecule has 0 aromatic rings. The van der Waals surface area contributed by atoms with E-state index in [-0.39, 0.29) is 0 Å². The van der Waals surface area contributed by atoms with Gasteiger partial charge in [0.05, 0.1) is 6.10 Å². The highest BCUT2D eigenvalue weighted by atomic mass is 28.4. The smallest absolute Gasteiger partial charge is 0.184 e. The highest BCUT2D eigenvalue weighted by molar-refractivity contribution is 6.69. The van der Waals surface area contributed by atoms with E-state index in [0.717, 1.165) is 12.3 Å². The first-order valence-corrected chi connectivity index (χ1v) is 9.72. The molecule has 0 aromatic carbocycles. The molecule has 1 fully saturated rings. The zero-order valence-electron chi connectivity index (χ0n) is 10.6. The average Bonchev–Trinajstić information content (AvgIpc) is 2.17. The monoisotopic (exact) mass is 226 g/mol. The van der Waals surface area contributed by atoms with Gasteiger partial charge in [-0.15, -0.1) is 6.58 Å². The van der Waals surface area contributed by atoms with Crippen LogP contribution in [0.3, 0.4) is 0 Å². The van der Waals surface area contributed by atoms with E-state index >= 15 is 0 Å². The van der Waals surface area contributed by atoms with E-state index in [4.69, 9.17) is 4.43 Å². The lowest BCUT2D eigenvalue weighted by Gasteiger charge is -2.34. The molecule has 0 amide bonds. The molecule has 1 atom stereocenters. The molecule has 1 aliphatic rings. The minimum atomic E-state index is -1.39. The van der Waals surface area contributed by atoms with Crippen LogP contribution in [-0.4, -0.2) is 14.4 Å². The normalized spacial score (nSPS) is 21.3. The maximum Gasteiger partial charge on any atom is 0.184 e. The van der Waals surface area contributed by atoms with E-state index in [0.29, 0.717) is 6.10 Å². The van der Waals surface area contributed by atoms with Gasteiger partial charge in [0.2, 0.25) is 0 Å². The van der Waals surface area contributed by atoms with Crippen molar-refractivity contribution < 1.29 is 4.43 Å².